The third-order valence-corrected chi connectivity index (χ3v) is 3.47. The fourth-order valence-electron chi connectivity index (χ4n) is 2.46. The largest absolute Gasteiger partial charge is 0.371 e. The molecule has 1 aromatic heterocycles. The van der Waals surface area contributed by atoms with Crippen LogP contribution in [0.25, 0.3) is 0 Å². The van der Waals surface area contributed by atoms with E-state index >= 15 is 0 Å². The van der Waals surface area contributed by atoms with Crippen LogP contribution in [0, 0.1) is 0 Å². The molecule has 1 aromatic carbocycles. The van der Waals surface area contributed by atoms with E-state index in [1.807, 2.05) is 12.3 Å². The van der Waals surface area contributed by atoms with Crippen molar-refractivity contribution in [1.82, 2.24) is 9.13 Å². The normalized spacial score (nSPS) is 18.6. The molecule has 0 saturated carbocycles. The highest BCUT2D eigenvalue weighted by Gasteiger charge is 2.21. The number of aryl methyl sites for hydroxylation is 1. The van der Waals surface area contributed by atoms with Gasteiger partial charge in [-0.1, -0.05) is 24.3 Å². The second kappa shape index (κ2) is 4.46. The molecule has 1 aliphatic heterocycles. The Labute approximate surface area is 105 Å². The van der Waals surface area contributed by atoms with Gasteiger partial charge in [0.25, 0.3) is 0 Å². The van der Waals surface area contributed by atoms with E-state index < -0.39 is 0 Å². The summed E-state index contributed by atoms with van der Waals surface area (Å²) in [5.41, 5.74) is 2.54. The number of imidazole rings is 1. The molecule has 0 fully saturated rings. The van der Waals surface area contributed by atoms with Gasteiger partial charge in [-0.15, -0.1) is 0 Å². The molecule has 94 valence electrons. The molecule has 1 aliphatic rings. The first kappa shape index (κ1) is 11.3. The molecule has 0 radical (unpaired) electrons. The first-order valence-electron chi connectivity index (χ1n) is 6.17. The highest BCUT2D eigenvalue weighted by molar-refractivity contribution is 5.30. The molecule has 0 aliphatic carbocycles. The highest BCUT2D eigenvalue weighted by Crippen LogP contribution is 2.27. The van der Waals surface area contributed by atoms with Crippen LogP contribution < -0.4 is 5.69 Å². The lowest BCUT2D eigenvalue weighted by Crippen LogP contribution is -2.27. The highest BCUT2D eigenvalue weighted by atomic mass is 16.5. The van der Waals surface area contributed by atoms with Gasteiger partial charge in [-0.05, 0) is 17.5 Å². The number of benzene rings is 1. The van der Waals surface area contributed by atoms with Crippen molar-refractivity contribution in [2.75, 3.05) is 6.61 Å². The van der Waals surface area contributed by atoms with Gasteiger partial charge in [0.15, 0.2) is 0 Å². The fraction of sp³-hybridized carbons (Fsp3) is 0.357. The van der Waals surface area contributed by atoms with Gasteiger partial charge < -0.3 is 9.30 Å². The van der Waals surface area contributed by atoms with Crippen molar-refractivity contribution in [2.24, 2.45) is 7.05 Å². The minimum atomic E-state index is -0.0185. The lowest BCUT2D eigenvalue weighted by atomic mass is 9.97. The Balaban J connectivity index is 1.91. The first-order valence-corrected chi connectivity index (χ1v) is 6.17. The van der Waals surface area contributed by atoms with Gasteiger partial charge in [0, 0.05) is 19.4 Å². The molecule has 0 spiro atoms. The van der Waals surface area contributed by atoms with Crippen molar-refractivity contribution in [1.29, 1.82) is 0 Å². The topological polar surface area (TPSA) is 36.2 Å². The first-order chi connectivity index (χ1) is 8.75. The predicted molar refractivity (Wildman–Crippen MR) is 68.5 cm³/mol. The smallest absolute Gasteiger partial charge is 0.327 e. The number of nitrogens with zero attached hydrogens (tertiary/aromatic N) is 2. The number of aromatic nitrogens is 2. The van der Waals surface area contributed by atoms with Crippen LogP contribution in [0.2, 0.25) is 0 Å². The van der Waals surface area contributed by atoms with Crippen molar-refractivity contribution in [3.8, 4) is 0 Å². The maximum absolute atomic E-state index is 11.8. The standard InChI is InChI=1S/C14H16N2O2/c1-15-7-8-16(14(15)17)10-13-12-5-3-2-4-11(12)6-9-18-13/h2-5,7-8,13H,6,9-10H2,1H3. The Morgan fingerprint density at radius 3 is 2.94 bits per heavy atom. The molecule has 1 unspecified atom stereocenters. The van der Waals surface area contributed by atoms with E-state index in [-0.39, 0.29) is 11.8 Å². The molecule has 0 amide bonds. The molecule has 18 heavy (non-hydrogen) atoms. The molecule has 0 bridgehead atoms. The van der Waals surface area contributed by atoms with Gasteiger partial charge in [-0.25, -0.2) is 4.79 Å². The van der Waals surface area contributed by atoms with Crippen LogP contribution in [0.4, 0.5) is 0 Å². The molecule has 4 heteroatoms. The second-order valence-electron chi connectivity index (χ2n) is 4.65. The Morgan fingerprint density at radius 2 is 2.17 bits per heavy atom. The molecule has 0 saturated heterocycles. The van der Waals surface area contributed by atoms with Crippen LogP contribution in [0.3, 0.4) is 0 Å². The van der Waals surface area contributed by atoms with Crippen LogP contribution in [-0.2, 0) is 24.8 Å². The summed E-state index contributed by atoms with van der Waals surface area (Å²) in [6.07, 6.45) is 4.52. The third-order valence-electron chi connectivity index (χ3n) is 3.47. The van der Waals surface area contributed by atoms with Gasteiger partial charge in [0.2, 0.25) is 0 Å². The van der Waals surface area contributed by atoms with E-state index in [0.717, 1.165) is 13.0 Å². The predicted octanol–water partition coefficient (Wildman–Crippen LogP) is 1.50. The van der Waals surface area contributed by atoms with E-state index in [1.165, 1.54) is 11.1 Å². The van der Waals surface area contributed by atoms with Gasteiger partial charge in [-0.2, -0.15) is 0 Å². The minimum Gasteiger partial charge on any atom is -0.371 e. The summed E-state index contributed by atoms with van der Waals surface area (Å²) in [6.45, 7) is 1.31. The maximum atomic E-state index is 11.8. The zero-order valence-corrected chi connectivity index (χ0v) is 10.4. The zero-order chi connectivity index (χ0) is 12.5. The van der Waals surface area contributed by atoms with E-state index in [2.05, 4.69) is 18.2 Å². The van der Waals surface area contributed by atoms with Crippen LogP contribution in [0.1, 0.15) is 17.2 Å². The lowest BCUT2D eigenvalue weighted by molar-refractivity contribution is 0.0299. The van der Waals surface area contributed by atoms with Gasteiger partial charge in [0.05, 0.1) is 13.2 Å². The van der Waals surface area contributed by atoms with E-state index in [9.17, 15) is 4.79 Å². The summed E-state index contributed by atoms with van der Waals surface area (Å²) in [5, 5.41) is 0. The summed E-state index contributed by atoms with van der Waals surface area (Å²) in [5.74, 6) is 0. The average molecular weight is 244 g/mol. The van der Waals surface area contributed by atoms with Crippen LogP contribution in [0.15, 0.2) is 41.5 Å². The van der Waals surface area contributed by atoms with Crippen molar-refractivity contribution in [3.05, 3.63) is 58.3 Å². The summed E-state index contributed by atoms with van der Waals surface area (Å²) in [4.78, 5) is 11.8. The quantitative estimate of drug-likeness (QED) is 0.802. The minimum absolute atomic E-state index is 0.00153. The molecule has 4 nitrogen and oxygen atoms in total. The van der Waals surface area contributed by atoms with Gasteiger partial charge >= 0.3 is 5.69 Å². The van der Waals surface area contributed by atoms with Crippen LogP contribution in [-0.4, -0.2) is 15.7 Å². The van der Waals surface area contributed by atoms with E-state index in [0.29, 0.717) is 6.54 Å². The van der Waals surface area contributed by atoms with Gasteiger partial charge in [-0.3, -0.25) is 4.57 Å². The number of hydrogen-bond donors (Lipinski definition) is 0. The van der Waals surface area contributed by atoms with Crippen LogP contribution in [0.5, 0.6) is 0 Å². The molecular weight excluding hydrogens is 228 g/mol. The number of fused-ring (bicyclic) bond motifs is 1. The molecule has 1 atom stereocenters. The maximum Gasteiger partial charge on any atom is 0.327 e. The third kappa shape index (κ3) is 1.88. The Morgan fingerprint density at radius 1 is 1.33 bits per heavy atom. The molecule has 2 heterocycles. The summed E-state index contributed by atoms with van der Waals surface area (Å²) in [7, 11) is 1.76. The zero-order valence-electron chi connectivity index (χ0n) is 10.4. The average Bonchev–Trinajstić information content (AvgIpc) is 2.71. The van der Waals surface area contributed by atoms with E-state index in [4.69, 9.17) is 4.74 Å². The van der Waals surface area contributed by atoms with E-state index in [1.54, 1.807) is 22.4 Å². The van der Waals surface area contributed by atoms with Gasteiger partial charge in [0.1, 0.15) is 6.10 Å². The lowest BCUT2D eigenvalue weighted by Gasteiger charge is -2.26. The molecular formula is C14H16N2O2. The molecule has 3 rings (SSSR count). The number of hydrogen-bond acceptors (Lipinski definition) is 2. The van der Waals surface area contributed by atoms with Crippen molar-refractivity contribution >= 4 is 0 Å². The van der Waals surface area contributed by atoms with Crippen LogP contribution >= 0.6 is 0 Å². The summed E-state index contributed by atoms with van der Waals surface area (Å²) < 4.78 is 9.08. The van der Waals surface area contributed by atoms with Crippen molar-refractivity contribution in [3.63, 3.8) is 0 Å². The van der Waals surface area contributed by atoms with Crippen molar-refractivity contribution in [2.45, 2.75) is 19.1 Å². The number of rotatable bonds is 2. The summed E-state index contributed by atoms with van der Waals surface area (Å²) in [6, 6.07) is 8.30. The summed E-state index contributed by atoms with van der Waals surface area (Å²) >= 11 is 0. The Bertz CT molecular complexity index is 612. The monoisotopic (exact) mass is 244 g/mol. The molecule has 2 aromatic rings. The van der Waals surface area contributed by atoms with Crippen molar-refractivity contribution < 1.29 is 4.74 Å². The second-order valence-corrected chi connectivity index (χ2v) is 4.65. The molecule has 0 N–H and O–H groups in total. The SMILES string of the molecule is Cn1ccn(CC2OCCc3ccccc32)c1=O. The Kier molecular flexibility index (Phi) is 2.80. The fourth-order valence-corrected chi connectivity index (χ4v) is 2.46. The Hall–Kier alpha value is -1.81. The number of ether oxygens (including phenoxy) is 1.